The van der Waals surface area contributed by atoms with Gasteiger partial charge in [-0.3, -0.25) is 9.69 Å². The lowest BCUT2D eigenvalue weighted by Crippen LogP contribution is -2.76. The summed E-state index contributed by atoms with van der Waals surface area (Å²) in [5.74, 6) is 0.274. The fourth-order valence-electron chi connectivity index (χ4n) is 6.12. The Morgan fingerprint density at radius 3 is 2.65 bits per heavy atom. The Morgan fingerprint density at radius 1 is 1.20 bits per heavy atom. The van der Waals surface area contributed by atoms with Crippen molar-refractivity contribution in [3.05, 3.63) is 0 Å². The number of carbonyl (C=O) groups is 1. The molecule has 4 heteroatoms. The highest BCUT2D eigenvalue weighted by atomic mass is 16.3. The molecule has 2 bridgehead atoms. The summed E-state index contributed by atoms with van der Waals surface area (Å²) in [4.78, 5) is 15.2. The summed E-state index contributed by atoms with van der Waals surface area (Å²) in [7, 11) is 0. The third-order valence-electron chi connectivity index (χ3n) is 6.79. The van der Waals surface area contributed by atoms with E-state index in [0.717, 1.165) is 45.2 Å². The predicted octanol–water partition coefficient (Wildman–Crippen LogP) is 0.808. The van der Waals surface area contributed by atoms with Gasteiger partial charge < -0.3 is 10.2 Å². The van der Waals surface area contributed by atoms with Crippen LogP contribution in [-0.2, 0) is 4.79 Å². The fraction of sp³-hybridized carbons (Fsp3) is 0.938. The van der Waals surface area contributed by atoms with Gasteiger partial charge in [-0.25, -0.2) is 0 Å². The highest BCUT2D eigenvalue weighted by Gasteiger charge is 2.67. The summed E-state index contributed by atoms with van der Waals surface area (Å²) in [5.41, 5.74) is -0.0455. The molecule has 4 nitrogen and oxygen atoms in total. The lowest BCUT2D eigenvalue weighted by molar-refractivity contribution is -0.217. The van der Waals surface area contributed by atoms with Gasteiger partial charge in [0.15, 0.2) is 5.78 Å². The molecule has 7 unspecified atom stereocenters. The van der Waals surface area contributed by atoms with E-state index in [1.165, 1.54) is 0 Å². The summed E-state index contributed by atoms with van der Waals surface area (Å²) in [6.07, 6.45) is 3.67. The summed E-state index contributed by atoms with van der Waals surface area (Å²) < 4.78 is 0. The number of rotatable bonds is 0. The van der Waals surface area contributed by atoms with Crippen molar-refractivity contribution in [1.29, 1.82) is 0 Å². The van der Waals surface area contributed by atoms with Gasteiger partial charge in [0.05, 0.1) is 6.10 Å². The van der Waals surface area contributed by atoms with Gasteiger partial charge >= 0.3 is 0 Å². The van der Waals surface area contributed by atoms with E-state index in [0.29, 0.717) is 5.92 Å². The van der Waals surface area contributed by atoms with Crippen LogP contribution in [0.5, 0.6) is 0 Å². The predicted molar refractivity (Wildman–Crippen MR) is 74.0 cm³/mol. The third-order valence-corrected chi connectivity index (χ3v) is 6.79. The van der Waals surface area contributed by atoms with Crippen LogP contribution >= 0.6 is 0 Å². The Hall–Kier alpha value is -0.450. The first-order valence-corrected chi connectivity index (χ1v) is 8.22. The molecule has 0 aromatic rings. The van der Waals surface area contributed by atoms with E-state index in [1.807, 2.05) is 0 Å². The Labute approximate surface area is 120 Å². The van der Waals surface area contributed by atoms with Crippen LogP contribution in [0, 0.1) is 23.7 Å². The van der Waals surface area contributed by atoms with Crippen molar-refractivity contribution < 1.29 is 15.0 Å². The molecule has 2 saturated heterocycles. The minimum atomic E-state index is -0.936. The topological polar surface area (TPSA) is 60.8 Å². The molecule has 0 aromatic heterocycles. The SMILES string of the molecule is CC1CC23C4CCCN2CCCC3C(C(O)C4=O)C1O. The van der Waals surface area contributed by atoms with E-state index >= 15 is 0 Å². The van der Waals surface area contributed by atoms with Crippen LogP contribution in [0.4, 0.5) is 0 Å². The van der Waals surface area contributed by atoms with E-state index in [-0.39, 0.29) is 29.1 Å². The third kappa shape index (κ3) is 1.40. The maximum atomic E-state index is 12.7. The molecule has 2 saturated carbocycles. The number of piperidine rings is 2. The first kappa shape index (κ1) is 13.2. The van der Waals surface area contributed by atoms with E-state index in [1.54, 1.807) is 0 Å². The zero-order valence-corrected chi connectivity index (χ0v) is 12.2. The number of ketones is 1. The average Bonchev–Trinajstić information content (AvgIpc) is 2.44. The minimum Gasteiger partial charge on any atom is -0.392 e. The van der Waals surface area contributed by atoms with Gasteiger partial charge in [-0.1, -0.05) is 6.92 Å². The summed E-state index contributed by atoms with van der Waals surface area (Å²) in [6.45, 7) is 4.27. The van der Waals surface area contributed by atoms with Crippen LogP contribution in [0.1, 0.15) is 39.0 Å². The Kier molecular flexibility index (Phi) is 2.83. The van der Waals surface area contributed by atoms with Crippen LogP contribution in [-0.4, -0.2) is 51.7 Å². The molecule has 0 aromatic carbocycles. The second-order valence-electron chi connectivity index (χ2n) is 7.52. The first-order valence-electron chi connectivity index (χ1n) is 8.22. The van der Waals surface area contributed by atoms with Crippen LogP contribution in [0.3, 0.4) is 0 Å². The molecule has 112 valence electrons. The van der Waals surface area contributed by atoms with Crippen LogP contribution in [0.15, 0.2) is 0 Å². The van der Waals surface area contributed by atoms with E-state index in [2.05, 4.69) is 11.8 Å². The van der Waals surface area contributed by atoms with Crippen LogP contribution in [0.25, 0.3) is 0 Å². The number of aliphatic hydroxyl groups is 2. The molecule has 2 aliphatic heterocycles. The number of aliphatic hydroxyl groups excluding tert-OH is 2. The molecule has 2 N–H and O–H groups in total. The lowest BCUT2D eigenvalue weighted by atomic mass is 9.47. The molecule has 20 heavy (non-hydrogen) atoms. The summed E-state index contributed by atoms with van der Waals surface area (Å²) in [6, 6.07) is 0. The highest BCUT2D eigenvalue weighted by Crippen LogP contribution is 2.59. The average molecular weight is 279 g/mol. The van der Waals surface area contributed by atoms with Crippen molar-refractivity contribution in [3.8, 4) is 0 Å². The monoisotopic (exact) mass is 279 g/mol. The molecule has 2 aliphatic carbocycles. The molecule has 2 heterocycles. The second-order valence-corrected chi connectivity index (χ2v) is 7.52. The molecule has 4 rings (SSSR count). The quantitative estimate of drug-likeness (QED) is 0.689. The molecule has 7 atom stereocenters. The molecule has 0 amide bonds. The van der Waals surface area contributed by atoms with Crippen LogP contribution < -0.4 is 0 Å². The maximum absolute atomic E-state index is 12.7. The number of nitrogens with zero attached hydrogens (tertiary/aromatic N) is 1. The lowest BCUT2D eigenvalue weighted by Gasteiger charge is -2.67. The molecule has 4 fully saturated rings. The number of carbonyl (C=O) groups excluding carboxylic acids is 1. The number of hydrogen-bond donors (Lipinski definition) is 2. The molecular formula is C16H25NO3. The van der Waals surface area contributed by atoms with Crippen molar-refractivity contribution >= 4 is 5.78 Å². The van der Waals surface area contributed by atoms with Gasteiger partial charge in [0, 0.05) is 17.4 Å². The minimum absolute atomic E-state index is 0.00255. The van der Waals surface area contributed by atoms with Crippen molar-refractivity contribution in [2.24, 2.45) is 23.7 Å². The molecule has 4 aliphatic rings. The normalized spacial score (nSPS) is 55.5. The second kappa shape index (κ2) is 4.28. The van der Waals surface area contributed by atoms with E-state index in [9.17, 15) is 15.0 Å². The summed E-state index contributed by atoms with van der Waals surface area (Å²) in [5, 5.41) is 21.0. The van der Waals surface area contributed by atoms with Crippen LogP contribution in [0.2, 0.25) is 0 Å². The largest absolute Gasteiger partial charge is 0.392 e. The Bertz CT molecular complexity index is 437. The van der Waals surface area contributed by atoms with Gasteiger partial charge in [-0.2, -0.15) is 0 Å². The van der Waals surface area contributed by atoms with Gasteiger partial charge in [0.1, 0.15) is 6.10 Å². The van der Waals surface area contributed by atoms with Crippen molar-refractivity contribution in [2.45, 2.75) is 56.8 Å². The van der Waals surface area contributed by atoms with Gasteiger partial charge in [-0.15, -0.1) is 0 Å². The first-order chi connectivity index (χ1) is 9.57. The van der Waals surface area contributed by atoms with E-state index in [4.69, 9.17) is 0 Å². The smallest absolute Gasteiger partial charge is 0.166 e. The maximum Gasteiger partial charge on any atom is 0.166 e. The number of Topliss-reactive ketones (excluding diaryl/α,β-unsaturated/α-hetero) is 1. The Balaban J connectivity index is 1.86. The zero-order chi connectivity index (χ0) is 14.1. The van der Waals surface area contributed by atoms with Crippen molar-refractivity contribution in [1.82, 2.24) is 4.90 Å². The molecule has 1 spiro atoms. The van der Waals surface area contributed by atoms with Gasteiger partial charge in [0.2, 0.25) is 0 Å². The van der Waals surface area contributed by atoms with Crippen molar-refractivity contribution in [2.75, 3.05) is 13.1 Å². The molecule has 0 radical (unpaired) electrons. The van der Waals surface area contributed by atoms with Crippen molar-refractivity contribution in [3.63, 3.8) is 0 Å². The highest BCUT2D eigenvalue weighted by molar-refractivity contribution is 5.88. The standard InChI is InChI=1S/C16H25NO3/c1-9-8-16-10-4-2-6-17(16)7-3-5-11(16)14(19)15(20)12(10)13(9)18/h9-13,15,18,20H,2-8H2,1H3. The molecular weight excluding hydrogens is 254 g/mol. The van der Waals surface area contributed by atoms with E-state index < -0.39 is 12.2 Å². The zero-order valence-electron chi connectivity index (χ0n) is 12.2. The fourth-order valence-corrected chi connectivity index (χ4v) is 6.12. The number of hydrogen-bond acceptors (Lipinski definition) is 4. The van der Waals surface area contributed by atoms with Gasteiger partial charge in [0.25, 0.3) is 0 Å². The Morgan fingerprint density at radius 2 is 1.90 bits per heavy atom. The van der Waals surface area contributed by atoms with Gasteiger partial charge in [-0.05, 0) is 57.0 Å². The summed E-state index contributed by atoms with van der Waals surface area (Å²) >= 11 is 0.